The van der Waals surface area contributed by atoms with Crippen molar-refractivity contribution in [2.45, 2.75) is 53.0 Å². The van der Waals surface area contributed by atoms with Crippen LogP contribution in [0.2, 0.25) is 0 Å². The lowest BCUT2D eigenvalue weighted by Crippen LogP contribution is -2.52. The molecule has 0 spiro atoms. The van der Waals surface area contributed by atoms with Gasteiger partial charge in [-0.2, -0.15) is 0 Å². The number of aromatic nitrogens is 2. The number of nitrogens with one attached hydrogen (secondary N) is 1. The van der Waals surface area contributed by atoms with Crippen LogP contribution in [0.5, 0.6) is 0 Å². The molecule has 0 saturated carbocycles. The summed E-state index contributed by atoms with van der Waals surface area (Å²) >= 11 is 0. The lowest BCUT2D eigenvalue weighted by molar-refractivity contribution is 0.0840. The van der Waals surface area contributed by atoms with Gasteiger partial charge in [-0.3, -0.25) is 4.79 Å². The summed E-state index contributed by atoms with van der Waals surface area (Å²) < 4.78 is 0. The van der Waals surface area contributed by atoms with Gasteiger partial charge in [0.05, 0.1) is 0 Å². The molecule has 0 aromatic carbocycles. The molecule has 1 amide bonds. The van der Waals surface area contributed by atoms with E-state index in [0.29, 0.717) is 0 Å². The van der Waals surface area contributed by atoms with Crippen LogP contribution in [0.3, 0.4) is 0 Å². The highest BCUT2D eigenvalue weighted by Crippen LogP contribution is 2.21. The second-order valence-corrected chi connectivity index (χ2v) is 5.79. The summed E-state index contributed by atoms with van der Waals surface area (Å²) in [5.74, 6) is 0.108. The third kappa shape index (κ3) is 5.08. The van der Waals surface area contributed by atoms with Crippen LogP contribution >= 0.6 is 0 Å². The molecule has 0 bridgehead atoms. The number of hydrogen-bond donors (Lipinski definition) is 1. The van der Waals surface area contributed by atoms with Crippen molar-refractivity contribution >= 4 is 5.91 Å². The summed E-state index contributed by atoms with van der Waals surface area (Å²) in [6.07, 6.45) is 1.92. The molecular formula is C16H28N4O. The highest BCUT2D eigenvalue weighted by molar-refractivity contribution is 5.91. The molecule has 5 nitrogen and oxygen atoms in total. The molecule has 1 aromatic heterocycles. The first-order valence-corrected chi connectivity index (χ1v) is 7.71. The van der Waals surface area contributed by atoms with Gasteiger partial charge in [0.1, 0.15) is 0 Å². The first kappa shape index (κ1) is 17.6. The van der Waals surface area contributed by atoms with E-state index in [1.54, 1.807) is 0 Å². The number of aryl methyl sites for hydroxylation is 2. The molecule has 0 radical (unpaired) electrons. The summed E-state index contributed by atoms with van der Waals surface area (Å²) in [6, 6.07) is 1.87. The van der Waals surface area contributed by atoms with Crippen LogP contribution in [0, 0.1) is 13.8 Å². The standard InChI is InChI=1S/C14H22N4O.C2H6/c1-10-9-11(2)16-12(15-10)13(19)17-14(3)5-7-18(4)8-6-14;1-2/h9H,5-8H2,1-4H3,(H,17,19);1-2H3. The lowest BCUT2D eigenvalue weighted by Gasteiger charge is -2.38. The minimum atomic E-state index is -0.168. The molecule has 1 N–H and O–H groups in total. The first-order chi connectivity index (χ1) is 9.88. The summed E-state index contributed by atoms with van der Waals surface area (Å²) in [5.41, 5.74) is 1.50. The number of carbonyl (C=O) groups is 1. The second kappa shape index (κ2) is 7.50. The van der Waals surface area contributed by atoms with Crippen molar-refractivity contribution < 1.29 is 4.79 Å². The van der Waals surface area contributed by atoms with E-state index in [-0.39, 0.29) is 17.3 Å². The van der Waals surface area contributed by atoms with E-state index in [9.17, 15) is 4.79 Å². The topological polar surface area (TPSA) is 58.1 Å². The lowest BCUT2D eigenvalue weighted by atomic mass is 9.90. The molecule has 5 heteroatoms. The summed E-state index contributed by atoms with van der Waals surface area (Å²) in [6.45, 7) is 11.9. The molecule has 21 heavy (non-hydrogen) atoms. The maximum atomic E-state index is 12.3. The minimum absolute atomic E-state index is 0.148. The van der Waals surface area contributed by atoms with E-state index in [1.165, 1.54) is 0 Å². The zero-order valence-corrected chi connectivity index (χ0v) is 14.2. The second-order valence-electron chi connectivity index (χ2n) is 5.79. The van der Waals surface area contributed by atoms with E-state index < -0.39 is 0 Å². The molecule has 1 aliphatic rings. The molecule has 1 aliphatic heterocycles. The number of amides is 1. The summed E-state index contributed by atoms with van der Waals surface area (Å²) in [4.78, 5) is 23.0. The van der Waals surface area contributed by atoms with Crippen molar-refractivity contribution in [1.82, 2.24) is 20.2 Å². The first-order valence-electron chi connectivity index (χ1n) is 7.71. The van der Waals surface area contributed by atoms with Crippen molar-refractivity contribution in [2.24, 2.45) is 0 Å². The predicted octanol–water partition coefficient (Wildman–Crippen LogP) is 2.33. The van der Waals surface area contributed by atoms with Gasteiger partial charge in [0.25, 0.3) is 5.91 Å². The van der Waals surface area contributed by atoms with Crippen molar-refractivity contribution in [3.8, 4) is 0 Å². The van der Waals surface area contributed by atoms with Crippen LogP contribution in [-0.4, -0.2) is 46.5 Å². The Balaban J connectivity index is 0.00000106. The van der Waals surface area contributed by atoms with Gasteiger partial charge in [0.2, 0.25) is 5.82 Å². The van der Waals surface area contributed by atoms with Crippen LogP contribution < -0.4 is 5.32 Å². The van der Waals surface area contributed by atoms with Gasteiger partial charge in [0.15, 0.2) is 0 Å². The third-order valence-electron chi connectivity index (χ3n) is 3.69. The Bertz CT molecular complexity index is 459. The van der Waals surface area contributed by atoms with Crippen molar-refractivity contribution in [1.29, 1.82) is 0 Å². The van der Waals surface area contributed by atoms with E-state index in [0.717, 1.165) is 37.3 Å². The molecule has 2 rings (SSSR count). The fourth-order valence-electron chi connectivity index (χ4n) is 2.39. The molecule has 0 unspecified atom stereocenters. The molecule has 0 aliphatic carbocycles. The number of carbonyl (C=O) groups excluding carboxylic acids is 1. The van der Waals surface area contributed by atoms with E-state index in [4.69, 9.17) is 0 Å². The highest BCUT2D eigenvalue weighted by Gasteiger charge is 2.31. The smallest absolute Gasteiger partial charge is 0.289 e. The van der Waals surface area contributed by atoms with Crippen molar-refractivity contribution in [2.75, 3.05) is 20.1 Å². The average Bonchev–Trinajstić information content (AvgIpc) is 2.43. The predicted molar refractivity (Wildman–Crippen MR) is 85.5 cm³/mol. The Morgan fingerprint density at radius 1 is 1.19 bits per heavy atom. The SMILES string of the molecule is CC.Cc1cc(C)nc(C(=O)NC2(C)CCN(C)CC2)n1. The molecule has 2 heterocycles. The number of rotatable bonds is 2. The number of likely N-dealkylation sites (tertiary alicyclic amines) is 1. The Kier molecular flexibility index (Phi) is 6.27. The molecule has 1 fully saturated rings. The van der Waals surface area contributed by atoms with Gasteiger partial charge in [-0.15, -0.1) is 0 Å². The largest absolute Gasteiger partial charge is 0.344 e. The van der Waals surface area contributed by atoms with Gasteiger partial charge in [-0.25, -0.2) is 9.97 Å². The van der Waals surface area contributed by atoms with Gasteiger partial charge >= 0.3 is 0 Å². The van der Waals surface area contributed by atoms with Gasteiger partial charge < -0.3 is 10.2 Å². The van der Waals surface area contributed by atoms with Crippen LogP contribution in [0.25, 0.3) is 0 Å². The number of piperidine rings is 1. The van der Waals surface area contributed by atoms with Crippen LogP contribution in [0.4, 0.5) is 0 Å². The third-order valence-corrected chi connectivity index (χ3v) is 3.69. The number of hydrogen-bond acceptors (Lipinski definition) is 4. The minimum Gasteiger partial charge on any atom is -0.344 e. The van der Waals surface area contributed by atoms with Crippen LogP contribution in [0.1, 0.15) is 55.6 Å². The van der Waals surface area contributed by atoms with E-state index in [1.807, 2.05) is 33.8 Å². The maximum absolute atomic E-state index is 12.3. The quantitative estimate of drug-likeness (QED) is 0.909. The zero-order chi connectivity index (χ0) is 16.0. The van der Waals surface area contributed by atoms with Gasteiger partial charge in [0, 0.05) is 30.0 Å². The Hall–Kier alpha value is -1.49. The van der Waals surface area contributed by atoms with Crippen molar-refractivity contribution in [3.05, 3.63) is 23.3 Å². The zero-order valence-electron chi connectivity index (χ0n) is 14.2. The van der Waals surface area contributed by atoms with Crippen LogP contribution in [-0.2, 0) is 0 Å². The Morgan fingerprint density at radius 3 is 2.14 bits per heavy atom. The fourth-order valence-corrected chi connectivity index (χ4v) is 2.39. The van der Waals surface area contributed by atoms with Gasteiger partial charge in [-0.1, -0.05) is 13.8 Å². The van der Waals surface area contributed by atoms with E-state index >= 15 is 0 Å². The Labute approximate surface area is 128 Å². The summed E-state index contributed by atoms with van der Waals surface area (Å²) in [7, 11) is 2.11. The molecule has 0 atom stereocenters. The fraction of sp³-hybridized carbons (Fsp3) is 0.688. The molecule has 1 saturated heterocycles. The molecular weight excluding hydrogens is 264 g/mol. The summed E-state index contributed by atoms with van der Waals surface area (Å²) in [5, 5.41) is 3.10. The molecule has 118 valence electrons. The molecule has 1 aromatic rings. The maximum Gasteiger partial charge on any atom is 0.289 e. The monoisotopic (exact) mass is 292 g/mol. The highest BCUT2D eigenvalue weighted by atomic mass is 16.2. The van der Waals surface area contributed by atoms with Crippen LogP contribution in [0.15, 0.2) is 6.07 Å². The average molecular weight is 292 g/mol. The van der Waals surface area contributed by atoms with Gasteiger partial charge in [-0.05, 0) is 46.7 Å². The van der Waals surface area contributed by atoms with E-state index in [2.05, 4.69) is 34.2 Å². The van der Waals surface area contributed by atoms with Crippen molar-refractivity contribution in [3.63, 3.8) is 0 Å². The number of nitrogens with zero attached hydrogens (tertiary/aromatic N) is 3. The Morgan fingerprint density at radius 2 is 1.67 bits per heavy atom. The normalized spacial score (nSPS) is 17.6.